The van der Waals surface area contributed by atoms with Crippen molar-refractivity contribution in [3.05, 3.63) is 0 Å². The molecule has 80 heavy (non-hydrogen) atoms. The van der Waals surface area contributed by atoms with E-state index in [9.17, 15) is 14.4 Å². The molecule has 0 rings (SSSR count). The molecule has 0 radical (unpaired) electrons. The van der Waals surface area contributed by atoms with Crippen LogP contribution in [0.25, 0.3) is 0 Å². The third-order valence-electron chi connectivity index (χ3n) is 17.4. The summed E-state index contributed by atoms with van der Waals surface area (Å²) in [5.74, 6) is -0.821. The molecule has 0 saturated heterocycles. The first-order chi connectivity index (χ1) is 39.5. The van der Waals surface area contributed by atoms with Gasteiger partial charge in [-0.05, 0) is 19.3 Å². The Hall–Kier alpha value is -1.59. The van der Waals surface area contributed by atoms with E-state index in [2.05, 4.69) is 20.8 Å². The minimum atomic E-state index is -0.763. The summed E-state index contributed by atoms with van der Waals surface area (Å²) in [4.78, 5) is 38.4. The van der Waals surface area contributed by atoms with E-state index in [1.807, 2.05) is 0 Å². The highest BCUT2D eigenvalue weighted by atomic mass is 16.6. The van der Waals surface area contributed by atoms with Gasteiger partial charge in [0.25, 0.3) is 0 Å². The average Bonchev–Trinajstić information content (AvgIpc) is 3.46. The Labute approximate surface area is 501 Å². The molecule has 0 aliphatic rings. The maximum absolute atomic E-state index is 12.9. The fraction of sp³-hybridized carbons (Fsp3) is 0.959. The first-order valence-corrected chi connectivity index (χ1v) is 37.0. The third kappa shape index (κ3) is 67.2. The van der Waals surface area contributed by atoms with E-state index >= 15 is 0 Å². The van der Waals surface area contributed by atoms with Crippen molar-refractivity contribution >= 4 is 17.9 Å². The lowest BCUT2D eigenvalue weighted by Crippen LogP contribution is -2.30. The summed E-state index contributed by atoms with van der Waals surface area (Å²) in [6, 6.07) is 0. The number of rotatable bonds is 70. The highest BCUT2D eigenvalue weighted by Crippen LogP contribution is 2.20. The van der Waals surface area contributed by atoms with E-state index in [4.69, 9.17) is 14.2 Å². The fourth-order valence-electron chi connectivity index (χ4n) is 11.8. The lowest BCUT2D eigenvalue weighted by molar-refractivity contribution is -0.167. The molecule has 0 aliphatic carbocycles. The van der Waals surface area contributed by atoms with Crippen LogP contribution in [0.3, 0.4) is 0 Å². The third-order valence-corrected chi connectivity index (χ3v) is 17.4. The Balaban J connectivity index is 4.06. The molecule has 0 spiro atoms. The molecule has 0 saturated carbocycles. The zero-order chi connectivity index (χ0) is 57.8. The van der Waals surface area contributed by atoms with Gasteiger partial charge in [-0.3, -0.25) is 14.4 Å². The van der Waals surface area contributed by atoms with Crippen LogP contribution < -0.4 is 0 Å². The summed E-state index contributed by atoms with van der Waals surface area (Å²) in [7, 11) is 0. The summed E-state index contributed by atoms with van der Waals surface area (Å²) in [5.41, 5.74) is 0. The van der Waals surface area contributed by atoms with Gasteiger partial charge >= 0.3 is 17.9 Å². The number of carbonyl (C=O) groups is 3. The molecule has 0 amide bonds. The van der Waals surface area contributed by atoms with Gasteiger partial charge in [-0.2, -0.15) is 0 Å². The van der Waals surface area contributed by atoms with Crippen LogP contribution in [0.1, 0.15) is 438 Å². The quantitative estimate of drug-likeness (QED) is 0.0343. The molecule has 0 aromatic rings. The summed E-state index contributed by atoms with van der Waals surface area (Å²) >= 11 is 0. The standard InChI is InChI=1S/C74H144O6/c1-4-7-10-13-16-19-22-25-27-29-31-32-33-34-35-36-37-38-39-40-41-42-43-44-46-47-49-52-55-58-61-64-67-73(76)79-70-71(69-78-72(75)66-63-60-57-54-51-24-21-18-15-12-9-6-3)80-74(77)68-65-62-59-56-53-50-48-45-30-28-26-23-20-17-14-11-8-5-2/h71H,4-70H2,1-3H3. The van der Waals surface area contributed by atoms with Crippen molar-refractivity contribution in [2.24, 2.45) is 0 Å². The molecule has 1 unspecified atom stereocenters. The molecule has 0 bridgehead atoms. The van der Waals surface area contributed by atoms with Gasteiger partial charge in [0.2, 0.25) is 0 Å². The highest BCUT2D eigenvalue weighted by molar-refractivity contribution is 5.71. The molecule has 0 aromatic carbocycles. The van der Waals surface area contributed by atoms with Gasteiger partial charge in [0.05, 0.1) is 0 Å². The summed E-state index contributed by atoms with van der Waals surface area (Å²) < 4.78 is 17.0. The van der Waals surface area contributed by atoms with Crippen molar-refractivity contribution in [3.8, 4) is 0 Å². The maximum atomic E-state index is 12.9. The lowest BCUT2D eigenvalue weighted by Gasteiger charge is -2.18. The monoisotopic (exact) mass is 1130 g/mol. The molecule has 0 N–H and O–H groups in total. The molecular formula is C74H144O6. The van der Waals surface area contributed by atoms with Gasteiger partial charge in [0, 0.05) is 19.3 Å². The largest absolute Gasteiger partial charge is 0.462 e. The van der Waals surface area contributed by atoms with Gasteiger partial charge in [0.15, 0.2) is 6.10 Å². The van der Waals surface area contributed by atoms with E-state index < -0.39 is 6.10 Å². The Morgan fingerprint density at radius 2 is 0.338 bits per heavy atom. The molecule has 0 heterocycles. The van der Waals surface area contributed by atoms with Crippen molar-refractivity contribution in [1.29, 1.82) is 0 Å². The number of hydrogen-bond acceptors (Lipinski definition) is 6. The molecule has 0 fully saturated rings. The van der Waals surface area contributed by atoms with Crippen molar-refractivity contribution < 1.29 is 28.6 Å². The Kier molecular flexibility index (Phi) is 68.5. The number of ether oxygens (including phenoxy) is 3. The fourth-order valence-corrected chi connectivity index (χ4v) is 11.8. The second-order valence-corrected chi connectivity index (χ2v) is 25.6. The SMILES string of the molecule is CCCCCCCCCCCCCCCCCCCCCCCCCCCCCCCCCCC(=O)OCC(COC(=O)CCCCCCCCCCCCCC)OC(=O)CCCCCCCCCCCCCCCCCCCC. The minimum absolute atomic E-state index is 0.0603. The molecular weight excluding hydrogens is 985 g/mol. The van der Waals surface area contributed by atoms with Crippen LogP contribution in [0.5, 0.6) is 0 Å². The van der Waals surface area contributed by atoms with Crippen LogP contribution in [0.2, 0.25) is 0 Å². The van der Waals surface area contributed by atoms with Crippen molar-refractivity contribution in [2.75, 3.05) is 13.2 Å². The van der Waals surface area contributed by atoms with Crippen molar-refractivity contribution in [2.45, 2.75) is 444 Å². The van der Waals surface area contributed by atoms with Crippen LogP contribution in [-0.2, 0) is 28.6 Å². The predicted octanol–water partition coefficient (Wildman–Crippen LogP) is 25.4. The summed E-state index contributed by atoms with van der Waals surface area (Å²) in [5, 5.41) is 0. The van der Waals surface area contributed by atoms with E-state index in [-0.39, 0.29) is 31.1 Å². The highest BCUT2D eigenvalue weighted by Gasteiger charge is 2.20. The number of esters is 3. The first kappa shape index (κ1) is 78.4. The molecule has 0 aromatic heterocycles. The van der Waals surface area contributed by atoms with E-state index in [1.54, 1.807) is 0 Å². The zero-order valence-electron chi connectivity index (χ0n) is 54.9. The Bertz CT molecular complexity index is 1200. The molecule has 6 nitrogen and oxygen atoms in total. The van der Waals surface area contributed by atoms with Crippen LogP contribution >= 0.6 is 0 Å². The normalized spacial score (nSPS) is 11.9. The van der Waals surface area contributed by atoms with Crippen LogP contribution in [0.4, 0.5) is 0 Å². The van der Waals surface area contributed by atoms with Crippen LogP contribution in [0.15, 0.2) is 0 Å². The van der Waals surface area contributed by atoms with E-state index in [1.165, 1.54) is 340 Å². The van der Waals surface area contributed by atoms with Gasteiger partial charge in [-0.25, -0.2) is 0 Å². The molecule has 1 atom stereocenters. The lowest BCUT2D eigenvalue weighted by atomic mass is 10.0. The zero-order valence-corrected chi connectivity index (χ0v) is 54.9. The number of hydrogen-bond donors (Lipinski definition) is 0. The Morgan fingerprint density at radius 3 is 0.500 bits per heavy atom. The van der Waals surface area contributed by atoms with Crippen LogP contribution in [0, 0.1) is 0 Å². The molecule has 476 valence electrons. The maximum Gasteiger partial charge on any atom is 0.306 e. The van der Waals surface area contributed by atoms with Gasteiger partial charge in [0.1, 0.15) is 13.2 Å². The minimum Gasteiger partial charge on any atom is -0.462 e. The van der Waals surface area contributed by atoms with Crippen molar-refractivity contribution in [1.82, 2.24) is 0 Å². The topological polar surface area (TPSA) is 78.9 Å². The Morgan fingerprint density at radius 1 is 0.200 bits per heavy atom. The van der Waals surface area contributed by atoms with Crippen molar-refractivity contribution in [3.63, 3.8) is 0 Å². The second-order valence-electron chi connectivity index (χ2n) is 25.6. The number of carbonyl (C=O) groups excluding carboxylic acids is 3. The van der Waals surface area contributed by atoms with Crippen LogP contribution in [-0.4, -0.2) is 37.2 Å². The smallest absolute Gasteiger partial charge is 0.306 e. The summed E-state index contributed by atoms with van der Waals surface area (Å²) in [6.07, 6.45) is 83.0. The van der Waals surface area contributed by atoms with E-state index in [0.29, 0.717) is 19.3 Å². The molecule has 6 heteroatoms. The van der Waals surface area contributed by atoms with Gasteiger partial charge in [-0.15, -0.1) is 0 Å². The predicted molar refractivity (Wildman–Crippen MR) is 349 cm³/mol. The van der Waals surface area contributed by atoms with Gasteiger partial charge in [-0.1, -0.05) is 400 Å². The van der Waals surface area contributed by atoms with Gasteiger partial charge < -0.3 is 14.2 Å². The summed E-state index contributed by atoms with van der Waals surface area (Å²) in [6.45, 7) is 6.74. The van der Waals surface area contributed by atoms with E-state index in [0.717, 1.165) is 57.8 Å². The second kappa shape index (κ2) is 69.9. The number of unbranched alkanes of at least 4 members (excludes halogenated alkanes) is 59. The first-order valence-electron chi connectivity index (χ1n) is 37.0. The average molecular weight is 1130 g/mol. The molecule has 0 aliphatic heterocycles.